The number of amides is 1. The minimum absolute atomic E-state index is 0.199. The number of nitrogens with zero attached hydrogens (tertiary/aromatic N) is 4. The van der Waals surface area contributed by atoms with E-state index in [1.54, 1.807) is 59.9 Å². The van der Waals surface area contributed by atoms with Crippen molar-refractivity contribution in [2.75, 3.05) is 4.90 Å². The summed E-state index contributed by atoms with van der Waals surface area (Å²) in [5, 5.41) is 4.55. The molecule has 28 heavy (non-hydrogen) atoms. The van der Waals surface area contributed by atoms with Crippen molar-refractivity contribution in [1.29, 1.82) is 0 Å². The highest BCUT2D eigenvalue weighted by Gasteiger charge is 2.23. The van der Waals surface area contributed by atoms with Gasteiger partial charge in [0.2, 0.25) is 0 Å². The van der Waals surface area contributed by atoms with Gasteiger partial charge < -0.3 is 9.42 Å². The third-order valence-corrected chi connectivity index (χ3v) is 4.36. The first-order chi connectivity index (χ1) is 13.7. The van der Waals surface area contributed by atoms with Crippen molar-refractivity contribution in [2.24, 2.45) is 0 Å². The lowest BCUT2D eigenvalue weighted by molar-refractivity contribution is 0.0976. The standard InChI is InChI=1S/C21H15ClN4O2/c22-16-6-8-18(9-7-16)26(14-17-5-1-2-11-24-17)21(27)19-12-20(28-25-19)15-4-3-10-23-13-15/h1-13H,14H2. The van der Waals surface area contributed by atoms with Gasteiger partial charge in [0.15, 0.2) is 11.5 Å². The molecular weight excluding hydrogens is 376 g/mol. The largest absolute Gasteiger partial charge is 0.355 e. The lowest BCUT2D eigenvalue weighted by atomic mass is 10.2. The summed E-state index contributed by atoms with van der Waals surface area (Å²) in [6.07, 6.45) is 5.01. The monoisotopic (exact) mass is 390 g/mol. The fourth-order valence-electron chi connectivity index (χ4n) is 2.71. The molecule has 6 nitrogen and oxygen atoms in total. The molecule has 4 aromatic rings. The third-order valence-electron chi connectivity index (χ3n) is 4.11. The third kappa shape index (κ3) is 3.92. The van der Waals surface area contributed by atoms with Crippen molar-refractivity contribution in [3.05, 3.63) is 95.7 Å². The first kappa shape index (κ1) is 17.9. The second kappa shape index (κ2) is 8.02. The van der Waals surface area contributed by atoms with Gasteiger partial charge >= 0.3 is 0 Å². The van der Waals surface area contributed by atoms with Crippen LogP contribution in [-0.4, -0.2) is 21.0 Å². The maximum Gasteiger partial charge on any atom is 0.280 e. The molecule has 7 heteroatoms. The zero-order chi connectivity index (χ0) is 19.3. The summed E-state index contributed by atoms with van der Waals surface area (Å²) in [6.45, 7) is 0.288. The highest BCUT2D eigenvalue weighted by molar-refractivity contribution is 6.30. The van der Waals surface area contributed by atoms with E-state index in [2.05, 4.69) is 15.1 Å². The van der Waals surface area contributed by atoms with Gasteiger partial charge in [-0.2, -0.15) is 0 Å². The zero-order valence-corrected chi connectivity index (χ0v) is 15.5. The summed E-state index contributed by atoms with van der Waals surface area (Å²) >= 11 is 6.00. The number of aromatic nitrogens is 3. The number of carbonyl (C=O) groups is 1. The van der Waals surface area contributed by atoms with Gasteiger partial charge in [-0.15, -0.1) is 0 Å². The molecule has 4 rings (SSSR count). The van der Waals surface area contributed by atoms with E-state index < -0.39 is 0 Å². The molecule has 0 saturated heterocycles. The number of hydrogen-bond acceptors (Lipinski definition) is 5. The van der Waals surface area contributed by atoms with Crippen LogP contribution in [0.5, 0.6) is 0 Å². The normalized spacial score (nSPS) is 10.6. The summed E-state index contributed by atoms with van der Waals surface area (Å²) in [5.41, 5.74) is 2.38. The summed E-state index contributed by atoms with van der Waals surface area (Å²) in [4.78, 5) is 23.2. The number of anilines is 1. The van der Waals surface area contributed by atoms with Crippen molar-refractivity contribution >= 4 is 23.2 Å². The average Bonchev–Trinajstić information content (AvgIpc) is 3.24. The molecule has 0 spiro atoms. The maximum absolute atomic E-state index is 13.2. The minimum Gasteiger partial charge on any atom is -0.355 e. The first-order valence-electron chi connectivity index (χ1n) is 8.55. The zero-order valence-electron chi connectivity index (χ0n) is 14.7. The lowest BCUT2D eigenvalue weighted by Crippen LogP contribution is -2.31. The van der Waals surface area contributed by atoms with Crippen LogP contribution in [-0.2, 0) is 6.54 Å². The number of rotatable bonds is 5. The van der Waals surface area contributed by atoms with Crippen LogP contribution in [0.1, 0.15) is 16.2 Å². The summed E-state index contributed by atoms with van der Waals surface area (Å²) in [5.74, 6) is 0.178. The lowest BCUT2D eigenvalue weighted by Gasteiger charge is -2.21. The molecule has 0 aliphatic heterocycles. The van der Waals surface area contributed by atoms with Gasteiger partial charge in [0.1, 0.15) is 0 Å². The molecule has 3 heterocycles. The number of pyridine rings is 2. The van der Waals surface area contributed by atoms with E-state index in [0.29, 0.717) is 16.5 Å². The van der Waals surface area contributed by atoms with Gasteiger partial charge in [-0.05, 0) is 48.5 Å². The Bertz CT molecular complexity index is 1070. The quantitative estimate of drug-likeness (QED) is 0.496. The molecule has 0 radical (unpaired) electrons. The van der Waals surface area contributed by atoms with E-state index in [1.165, 1.54) is 0 Å². The van der Waals surface area contributed by atoms with Gasteiger partial charge in [0, 0.05) is 40.9 Å². The molecule has 0 aliphatic rings. The van der Waals surface area contributed by atoms with Crippen LogP contribution in [0.15, 0.2) is 83.8 Å². The van der Waals surface area contributed by atoms with Crippen LogP contribution in [0.25, 0.3) is 11.3 Å². The average molecular weight is 391 g/mol. The maximum atomic E-state index is 13.2. The SMILES string of the molecule is O=C(c1cc(-c2cccnc2)on1)N(Cc1ccccn1)c1ccc(Cl)cc1. The van der Waals surface area contributed by atoms with Gasteiger partial charge in [-0.1, -0.05) is 22.8 Å². The van der Waals surface area contributed by atoms with Crippen molar-refractivity contribution in [1.82, 2.24) is 15.1 Å². The van der Waals surface area contributed by atoms with E-state index >= 15 is 0 Å². The predicted octanol–water partition coefficient (Wildman–Crippen LogP) is 4.63. The Morgan fingerprint density at radius 3 is 2.61 bits per heavy atom. The molecule has 1 aromatic carbocycles. The number of halogens is 1. The highest BCUT2D eigenvalue weighted by Crippen LogP contribution is 2.24. The van der Waals surface area contributed by atoms with Gasteiger partial charge in [0.25, 0.3) is 5.91 Å². The Balaban J connectivity index is 1.67. The molecule has 0 bridgehead atoms. The minimum atomic E-state index is -0.299. The molecule has 138 valence electrons. The van der Waals surface area contributed by atoms with Crippen molar-refractivity contribution in [3.8, 4) is 11.3 Å². The Kier molecular flexibility index (Phi) is 5.12. The molecule has 1 amide bonds. The second-order valence-corrected chi connectivity index (χ2v) is 6.44. The van der Waals surface area contributed by atoms with Crippen LogP contribution in [0, 0.1) is 0 Å². The smallest absolute Gasteiger partial charge is 0.280 e. The van der Waals surface area contributed by atoms with Crippen LogP contribution >= 0.6 is 11.6 Å². The Hall–Kier alpha value is -3.51. The summed E-state index contributed by atoms with van der Waals surface area (Å²) in [7, 11) is 0. The summed E-state index contributed by atoms with van der Waals surface area (Å²) in [6, 6.07) is 17.8. The number of benzene rings is 1. The first-order valence-corrected chi connectivity index (χ1v) is 8.93. The van der Waals surface area contributed by atoms with E-state index in [0.717, 1.165) is 11.3 Å². The molecule has 0 aliphatic carbocycles. The summed E-state index contributed by atoms with van der Waals surface area (Å²) < 4.78 is 5.35. The molecular formula is C21H15ClN4O2. The van der Waals surface area contributed by atoms with E-state index in [4.69, 9.17) is 16.1 Å². The van der Waals surface area contributed by atoms with E-state index in [1.807, 2.05) is 24.3 Å². The van der Waals surface area contributed by atoms with Crippen LogP contribution in [0.3, 0.4) is 0 Å². The highest BCUT2D eigenvalue weighted by atomic mass is 35.5. The Labute approximate surface area is 166 Å². The molecule has 3 aromatic heterocycles. The number of carbonyl (C=O) groups excluding carboxylic acids is 1. The fourth-order valence-corrected chi connectivity index (χ4v) is 2.84. The van der Waals surface area contributed by atoms with Crippen LogP contribution in [0.2, 0.25) is 5.02 Å². The predicted molar refractivity (Wildman–Crippen MR) is 106 cm³/mol. The van der Waals surface area contributed by atoms with Crippen molar-refractivity contribution in [3.63, 3.8) is 0 Å². The molecule has 0 N–H and O–H groups in total. The van der Waals surface area contributed by atoms with Crippen LogP contribution in [0.4, 0.5) is 5.69 Å². The topological polar surface area (TPSA) is 72.1 Å². The van der Waals surface area contributed by atoms with Crippen molar-refractivity contribution < 1.29 is 9.32 Å². The molecule has 0 unspecified atom stereocenters. The van der Waals surface area contributed by atoms with Gasteiger partial charge in [-0.25, -0.2) is 0 Å². The Morgan fingerprint density at radius 1 is 1.04 bits per heavy atom. The van der Waals surface area contributed by atoms with E-state index in [9.17, 15) is 4.79 Å². The molecule has 0 atom stereocenters. The molecule has 0 fully saturated rings. The number of hydrogen-bond donors (Lipinski definition) is 0. The molecule has 0 saturated carbocycles. The van der Waals surface area contributed by atoms with Gasteiger partial charge in [-0.3, -0.25) is 14.8 Å². The second-order valence-electron chi connectivity index (χ2n) is 6.01. The van der Waals surface area contributed by atoms with Gasteiger partial charge in [0.05, 0.1) is 12.2 Å². The van der Waals surface area contributed by atoms with Crippen molar-refractivity contribution in [2.45, 2.75) is 6.54 Å². The van der Waals surface area contributed by atoms with E-state index in [-0.39, 0.29) is 18.1 Å². The van der Waals surface area contributed by atoms with Crippen LogP contribution < -0.4 is 4.90 Å². The Morgan fingerprint density at radius 2 is 1.89 bits per heavy atom. The fraction of sp³-hybridized carbons (Fsp3) is 0.0476.